The number of hydrogen-bond acceptors (Lipinski definition) is 0. The van der Waals surface area contributed by atoms with Crippen LogP contribution in [0.25, 0.3) is 0 Å². The fourth-order valence-electron chi connectivity index (χ4n) is 2.83. The molecule has 0 atom stereocenters. The fraction of sp³-hybridized carbons (Fsp3) is 0. The first kappa shape index (κ1) is 18.9. The Bertz CT molecular complexity index is 1220. The lowest BCUT2D eigenvalue weighted by molar-refractivity contribution is 1.57. The van der Waals surface area contributed by atoms with E-state index in [2.05, 4.69) is 35.5 Å². The van der Waals surface area contributed by atoms with E-state index in [1.807, 2.05) is 109 Å². The van der Waals surface area contributed by atoms with E-state index in [4.69, 9.17) is 0 Å². The number of hydrogen-bond donors (Lipinski definition) is 0. The van der Waals surface area contributed by atoms with Crippen LogP contribution in [-0.4, -0.2) is 0 Å². The normalized spacial score (nSPS) is 9.20. The van der Waals surface area contributed by atoms with Crippen LogP contribution < -0.4 is 0 Å². The van der Waals surface area contributed by atoms with Gasteiger partial charge >= 0.3 is 0 Å². The Labute approximate surface area is 178 Å². The van der Waals surface area contributed by atoms with E-state index in [1.54, 1.807) is 0 Å². The summed E-state index contributed by atoms with van der Waals surface area (Å²) in [6.45, 7) is 0. The van der Waals surface area contributed by atoms with Crippen molar-refractivity contribution in [2.45, 2.75) is 0 Å². The minimum absolute atomic E-state index is 0.940. The van der Waals surface area contributed by atoms with E-state index in [1.165, 1.54) is 0 Å². The van der Waals surface area contributed by atoms with Crippen LogP contribution in [0.5, 0.6) is 0 Å². The highest BCUT2D eigenvalue weighted by molar-refractivity contribution is 5.51. The molecular formula is C30H18. The molecule has 0 nitrogen and oxygen atoms in total. The standard InChI is InChI=1S/C30H18/c1-3-9-25(10-4-1)17-19-27-13-7-15-29(23-27)21-22-30-16-8-14-28(24-30)20-18-26-11-5-2-6-12-26/h1-16,23-24H. The van der Waals surface area contributed by atoms with Gasteiger partial charge in [-0.25, -0.2) is 0 Å². The van der Waals surface area contributed by atoms with Gasteiger partial charge in [0.25, 0.3) is 0 Å². The minimum Gasteiger partial charge on any atom is -0.0622 e. The Morgan fingerprint density at radius 3 is 0.867 bits per heavy atom. The average molecular weight is 378 g/mol. The zero-order chi connectivity index (χ0) is 20.4. The molecule has 30 heavy (non-hydrogen) atoms. The van der Waals surface area contributed by atoms with E-state index < -0.39 is 0 Å². The first-order valence-corrected chi connectivity index (χ1v) is 9.71. The Kier molecular flexibility index (Phi) is 6.09. The van der Waals surface area contributed by atoms with E-state index in [9.17, 15) is 0 Å². The van der Waals surface area contributed by atoms with Crippen molar-refractivity contribution in [3.05, 3.63) is 143 Å². The molecule has 0 saturated carbocycles. The molecule has 0 aliphatic heterocycles. The second kappa shape index (κ2) is 9.66. The van der Waals surface area contributed by atoms with Crippen LogP contribution in [0.4, 0.5) is 0 Å². The average Bonchev–Trinajstić information content (AvgIpc) is 2.82. The molecule has 0 radical (unpaired) electrons. The second-order valence-electron chi connectivity index (χ2n) is 6.64. The maximum Gasteiger partial charge on any atom is 0.0261 e. The second-order valence-corrected chi connectivity index (χ2v) is 6.64. The quantitative estimate of drug-likeness (QED) is 0.335. The van der Waals surface area contributed by atoms with Gasteiger partial charge in [-0.3, -0.25) is 0 Å². The highest BCUT2D eigenvalue weighted by Gasteiger charge is 1.93. The van der Waals surface area contributed by atoms with Gasteiger partial charge in [0, 0.05) is 33.4 Å². The van der Waals surface area contributed by atoms with E-state index in [0.717, 1.165) is 33.4 Å². The van der Waals surface area contributed by atoms with Crippen LogP contribution in [0.15, 0.2) is 109 Å². The molecule has 0 saturated heterocycles. The summed E-state index contributed by atoms with van der Waals surface area (Å²) in [7, 11) is 0. The van der Waals surface area contributed by atoms with Crippen molar-refractivity contribution < 1.29 is 0 Å². The van der Waals surface area contributed by atoms with Crippen LogP contribution in [-0.2, 0) is 0 Å². The van der Waals surface area contributed by atoms with E-state index in [0.29, 0.717) is 0 Å². The molecule has 0 amide bonds. The first-order valence-electron chi connectivity index (χ1n) is 9.71. The molecule has 0 heteroatoms. The van der Waals surface area contributed by atoms with E-state index in [-0.39, 0.29) is 0 Å². The summed E-state index contributed by atoms with van der Waals surface area (Å²) >= 11 is 0. The van der Waals surface area contributed by atoms with Gasteiger partial charge in [0.05, 0.1) is 0 Å². The molecule has 138 valence electrons. The van der Waals surface area contributed by atoms with Crippen molar-refractivity contribution in [2.24, 2.45) is 0 Å². The Morgan fingerprint density at radius 1 is 0.267 bits per heavy atom. The lowest BCUT2D eigenvalue weighted by Gasteiger charge is -1.95. The fourth-order valence-corrected chi connectivity index (χ4v) is 2.83. The van der Waals surface area contributed by atoms with Gasteiger partial charge in [-0.1, -0.05) is 84.1 Å². The molecule has 0 N–H and O–H groups in total. The summed E-state index contributed by atoms with van der Waals surface area (Å²) in [5, 5.41) is 0. The predicted octanol–water partition coefficient (Wildman–Crippen LogP) is 5.89. The summed E-state index contributed by atoms with van der Waals surface area (Å²) in [6, 6.07) is 36.0. The van der Waals surface area contributed by atoms with Crippen molar-refractivity contribution in [1.82, 2.24) is 0 Å². The maximum atomic E-state index is 3.23. The SMILES string of the molecule is C(#Cc1cccc(C#Cc2cccc(C#Cc3ccccc3)c2)c1)c1ccccc1. The van der Waals surface area contributed by atoms with Gasteiger partial charge < -0.3 is 0 Å². The smallest absolute Gasteiger partial charge is 0.0261 e. The van der Waals surface area contributed by atoms with Crippen LogP contribution in [0.3, 0.4) is 0 Å². The van der Waals surface area contributed by atoms with Crippen molar-refractivity contribution in [2.75, 3.05) is 0 Å². The van der Waals surface area contributed by atoms with Crippen LogP contribution in [0.2, 0.25) is 0 Å². The van der Waals surface area contributed by atoms with Gasteiger partial charge in [-0.2, -0.15) is 0 Å². The summed E-state index contributed by atoms with van der Waals surface area (Å²) in [5.41, 5.74) is 5.79. The highest BCUT2D eigenvalue weighted by Crippen LogP contribution is 2.07. The van der Waals surface area contributed by atoms with Gasteiger partial charge in [0.1, 0.15) is 0 Å². The summed E-state index contributed by atoms with van der Waals surface area (Å²) < 4.78 is 0. The van der Waals surface area contributed by atoms with Crippen LogP contribution in [0.1, 0.15) is 33.4 Å². The molecule has 4 aromatic rings. The first-order chi connectivity index (χ1) is 14.8. The van der Waals surface area contributed by atoms with Crippen LogP contribution in [0, 0.1) is 35.5 Å². The Balaban J connectivity index is 1.52. The monoisotopic (exact) mass is 378 g/mol. The Hall–Kier alpha value is -4.44. The summed E-state index contributed by atoms with van der Waals surface area (Å²) in [6.07, 6.45) is 0. The van der Waals surface area contributed by atoms with Gasteiger partial charge in [0.15, 0.2) is 0 Å². The summed E-state index contributed by atoms with van der Waals surface area (Å²) in [5.74, 6) is 19.2. The third-order valence-corrected chi connectivity index (χ3v) is 4.33. The molecule has 0 aliphatic carbocycles. The van der Waals surface area contributed by atoms with Crippen molar-refractivity contribution >= 4 is 0 Å². The lowest BCUT2D eigenvalue weighted by Crippen LogP contribution is -1.81. The van der Waals surface area contributed by atoms with Crippen LogP contribution >= 0.6 is 0 Å². The summed E-state index contributed by atoms with van der Waals surface area (Å²) in [4.78, 5) is 0. The topological polar surface area (TPSA) is 0 Å². The van der Waals surface area contributed by atoms with Gasteiger partial charge in [0.2, 0.25) is 0 Å². The molecule has 0 aromatic heterocycles. The highest BCUT2D eigenvalue weighted by atomic mass is 14.0. The molecule has 0 bridgehead atoms. The molecule has 0 heterocycles. The molecule has 4 rings (SSSR count). The Morgan fingerprint density at radius 2 is 0.533 bits per heavy atom. The molecule has 0 aliphatic rings. The third kappa shape index (κ3) is 5.53. The minimum atomic E-state index is 0.940. The molecular weight excluding hydrogens is 360 g/mol. The largest absolute Gasteiger partial charge is 0.0622 e. The number of benzene rings is 4. The van der Waals surface area contributed by atoms with Crippen molar-refractivity contribution in [3.63, 3.8) is 0 Å². The van der Waals surface area contributed by atoms with Crippen molar-refractivity contribution in [3.8, 4) is 35.5 Å². The lowest BCUT2D eigenvalue weighted by atomic mass is 10.1. The molecule has 0 spiro atoms. The van der Waals surface area contributed by atoms with E-state index >= 15 is 0 Å². The molecule has 0 fully saturated rings. The number of rotatable bonds is 0. The third-order valence-electron chi connectivity index (χ3n) is 4.33. The predicted molar refractivity (Wildman–Crippen MR) is 124 cm³/mol. The molecule has 0 unspecified atom stereocenters. The van der Waals surface area contributed by atoms with Gasteiger partial charge in [-0.15, -0.1) is 0 Å². The maximum absolute atomic E-state index is 3.23. The molecule has 4 aromatic carbocycles. The van der Waals surface area contributed by atoms with Gasteiger partial charge in [-0.05, 0) is 60.7 Å². The zero-order valence-electron chi connectivity index (χ0n) is 16.4. The zero-order valence-corrected chi connectivity index (χ0v) is 16.4. The van der Waals surface area contributed by atoms with Crippen molar-refractivity contribution in [1.29, 1.82) is 0 Å².